The summed E-state index contributed by atoms with van der Waals surface area (Å²) in [5, 5.41) is 0.778. The SMILES string of the molecule is COc1cc(/C=C2\N=C(c3ccc(Cl)cc3Cl)OC2=O)cc(Br)c1OCc1cccc(F)c1. The number of hydrogen-bond acceptors (Lipinski definition) is 5. The number of esters is 1. The fraction of sp³-hybridized carbons (Fsp3) is 0.0833. The summed E-state index contributed by atoms with van der Waals surface area (Å²) in [6.45, 7) is 0.148. The van der Waals surface area contributed by atoms with Crippen molar-refractivity contribution in [1.29, 1.82) is 0 Å². The number of aliphatic imine (C=N–C) groups is 1. The Hall–Kier alpha value is -2.87. The van der Waals surface area contributed by atoms with E-state index < -0.39 is 5.97 Å². The molecule has 9 heteroatoms. The molecule has 0 saturated carbocycles. The Kier molecular flexibility index (Phi) is 7.02. The Balaban J connectivity index is 1.60. The molecule has 3 aromatic rings. The molecule has 0 amide bonds. The van der Waals surface area contributed by atoms with Crippen molar-refractivity contribution in [3.8, 4) is 11.5 Å². The quantitative estimate of drug-likeness (QED) is 0.249. The van der Waals surface area contributed by atoms with Crippen LogP contribution in [0.5, 0.6) is 11.5 Å². The fourth-order valence-electron chi connectivity index (χ4n) is 3.09. The molecule has 0 radical (unpaired) electrons. The molecule has 1 aliphatic heterocycles. The highest BCUT2D eigenvalue weighted by Gasteiger charge is 2.26. The summed E-state index contributed by atoms with van der Waals surface area (Å²) in [5.74, 6) is -0.00196. The van der Waals surface area contributed by atoms with E-state index in [0.29, 0.717) is 42.7 Å². The van der Waals surface area contributed by atoms with Gasteiger partial charge in [-0.2, -0.15) is 0 Å². The highest BCUT2D eigenvalue weighted by Crippen LogP contribution is 2.38. The molecule has 1 heterocycles. The number of hydrogen-bond donors (Lipinski definition) is 0. The van der Waals surface area contributed by atoms with Gasteiger partial charge in [0.05, 0.1) is 22.2 Å². The minimum absolute atomic E-state index is 0.0917. The topological polar surface area (TPSA) is 57.1 Å². The second kappa shape index (κ2) is 9.95. The molecule has 0 aromatic heterocycles. The Labute approximate surface area is 207 Å². The predicted octanol–water partition coefficient (Wildman–Crippen LogP) is 6.83. The van der Waals surface area contributed by atoms with Gasteiger partial charge in [0.15, 0.2) is 17.2 Å². The van der Waals surface area contributed by atoms with Crippen molar-refractivity contribution in [2.24, 2.45) is 4.99 Å². The molecule has 3 aromatic carbocycles. The third-order valence-electron chi connectivity index (χ3n) is 4.61. The van der Waals surface area contributed by atoms with Crippen molar-refractivity contribution >= 4 is 57.1 Å². The van der Waals surface area contributed by atoms with Crippen LogP contribution in [0.2, 0.25) is 10.0 Å². The molecule has 168 valence electrons. The molecule has 33 heavy (non-hydrogen) atoms. The molecule has 0 unspecified atom stereocenters. The minimum atomic E-state index is -0.613. The second-order valence-electron chi connectivity index (χ2n) is 6.91. The van der Waals surface area contributed by atoms with Crippen LogP contribution in [0.4, 0.5) is 4.39 Å². The summed E-state index contributed by atoms with van der Waals surface area (Å²) >= 11 is 15.6. The van der Waals surface area contributed by atoms with Crippen LogP contribution in [-0.2, 0) is 16.1 Å². The van der Waals surface area contributed by atoms with E-state index in [-0.39, 0.29) is 24.0 Å². The molecule has 5 nitrogen and oxygen atoms in total. The van der Waals surface area contributed by atoms with Gasteiger partial charge in [-0.3, -0.25) is 0 Å². The normalized spacial score (nSPS) is 14.3. The summed E-state index contributed by atoms with van der Waals surface area (Å²) in [7, 11) is 1.50. The standard InChI is InChI=1S/C24H15BrCl2FNO4/c1-31-21-10-14(8-18(25)22(21)32-12-13-3-2-4-16(28)7-13)9-20-24(30)33-23(29-20)17-6-5-15(26)11-19(17)27/h2-11H,12H2,1H3/b20-9-. The number of rotatable bonds is 6. The number of halogens is 4. The van der Waals surface area contributed by atoms with Gasteiger partial charge in [0.1, 0.15) is 12.4 Å². The monoisotopic (exact) mass is 549 g/mol. The van der Waals surface area contributed by atoms with Gasteiger partial charge >= 0.3 is 5.97 Å². The summed E-state index contributed by atoms with van der Waals surface area (Å²) in [6, 6.07) is 14.4. The van der Waals surface area contributed by atoms with Crippen molar-refractivity contribution in [1.82, 2.24) is 0 Å². The molecule has 0 N–H and O–H groups in total. The lowest BCUT2D eigenvalue weighted by Gasteiger charge is -2.13. The predicted molar refractivity (Wildman–Crippen MR) is 128 cm³/mol. The summed E-state index contributed by atoms with van der Waals surface area (Å²) in [6.07, 6.45) is 1.56. The first-order valence-corrected chi connectivity index (χ1v) is 11.1. The van der Waals surface area contributed by atoms with Gasteiger partial charge in [0.25, 0.3) is 0 Å². The lowest BCUT2D eigenvalue weighted by molar-refractivity contribution is -0.129. The fourth-order valence-corrected chi connectivity index (χ4v) is 4.15. The zero-order valence-corrected chi connectivity index (χ0v) is 20.2. The largest absolute Gasteiger partial charge is 0.493 e. The van der Waals surface area contributed by atoms with Crippen molar-refractivity contribution in [2.45, 2.75) is 6.61 Å². The van der Waals surface area contributed by atoms with Crippen LogP contribution < -0.4 is 9.47 Å². The van der Waals surface area contributed by atoms with Crippen LogP contribution in [0.25, 0.3) is 6.08 Å². The molecule has 0 fully saturated rings. The summed E-state index contributed by atoms with van der Waals surface area (Å²) in [4.78, 5) is 16.6. The number of carbonyl (C=O) groups excluding carboxylic acids is 1. The maximum absolute atomic E-state index is 13.4. The molecule has 0 atom stereocenters. The number of carbonyl (C=O) groups is 1. The minimum Gasteiger partial charge on any atom is -0.493 e. The van der Waals surface area contributed by atoms with E-state index in [0.717, 1.165) is 0 Å². The number of methoxy groups -OCH3 is 1. The van der Waals surface area contributed by atoms with Crippen molar-refractivity contribution in [2.75, 3.05) is 7.11 Å². The van der Waals surface area contributed by atoms with Gasteiger partial charge in [0, 0.05) is 5.02 Å². The van der Waals surface area contributed by atoms with Crippen LogP contribution in [-0.4, -0.2) is 19.0 Å². The Morgan fingerprint density at radius 1 is 1.15 bits per heavy atom. The van der Waals surface area contributed by atoms with E-state index in [1.54, 1.807) is 48.5 Å². The van der Waals surface area contributed by atoms with Gasteiger partial charge in [0.2, 0.25) is 5.90 Å². The molecule has 1 aliphatic rings. The van der Waals surface area contributed by atoms with E-state index in [9.17, 15) is 9.18 Å². The van der Waals surface area contributed by atoms with E-state index >= 15 is 0 Å². The van der Waals surface area contributed by atoms with E-state index in [1.165, 1.54) is 19.2 Å². The van der Waals surface area contributed by atoms with Crippen molar-refractivity contribution < 1.29 is 23.4 Å². The first-order chi connectivity index (χ1) is 15.8. The van der Waals surface area contributed by atoms with E-state index in [4.69, 9.17) is 37.4 Å². The smallest absolute Gasteiger partial charge is 0.363 e. The summed E-state index contributed by atoms with van der Waals surface area (Å²) < 4.78 is 30.6. The number of cyclic esters (lactones) is 1. The lowest BCUT2D eigenvalue weighted by atomic mass is 10.1. The zero-order chi connectivity index (χ0) is 23.5. The van der Waals surface area contributed by atoms with Crippen LogP contribution in [0, 0.1) is 5.82 Å². The number of benzene rings is 3. The van der Waals surface area contributed by atoms with Crippen molar-refractivity contribution in [3.63, 3.8) is 0 Å². The first kappa shape index (κ1) is 23.3. The lowest BCUT2D eigenvalue weighted by Crippen LogP contribution is -2.05. The second-order valence-corrected chi connectivity index (χ2v) is 8.61. The maximum Gasteiger partial charge on any atom is 0.363 e. The van der Waals surface area contributed by atoms with Gasteiger partial charge in [-0.15, -0.1) is 0 Å². The highest BCUT2D eigenvalue weighted by atomic mass is 79.9. The van der Waals surface area contributed by atoms with Crippen LogP contribution >= 0.6 is 39.1 Å². The first-order valence-electron chi connectivity index (χ1n) is 9.57. The third kappa shape index (κ3) is 5.38. The highest BCUT2D eigenvalue weighted by molar-refractivity contribution is 9.10. The Morgan fingerprint density at radius 2 is 1.97 bits per heavy atom. The zero-order valence-electron chi connectivity index (χ0n) is 17.1. The van der Waals surface area contributed by atoms with Gasteiger partial charge < -0.3 is 14.2 Å². The third-order valence-corrected chi connectivity index (χ3v) is 5.75. The molecular weight excluding hydrogens is 536 g/mol. The summed E-state index contributed by atoms with van der Waals surface area (Å²) in [5.41, 5.74) is 1.85. The van der Waals surface area contributed by atoms with Crippen LogP contribution in [0.1, 0.15) is 16.7 Å². The van der Waals surface area contributed by atoms with E-state index in [2.05, 4.69) is 20.9 Å². The molecule has 0 aliphatic carbocycles. The Morgan fingerprint density at radius 3 is 2.70 bits per heavy atom. The Bertz CT molecular complexity index is 1310. The van der Waals surface area contributed by atoms with Crippen molar-refractivity contribution in [3.05, 3.63) is 97.3 Å². The van der Waals surface area contributed by atoms with Crippen LogP contribution in [0.3, 0.4) is 0 Å². The molecule has 0 bridgehead atoms. The van der Waals surface area contributed by atoms with Gasteiger partial charge in [-0.1, -0.05) is 35.3 Å². The average Bonchev–Trinajstić information content (AvgIpc) is 3.12. The molecule has 4 rings (SSSR count). The van der Waals surface area contributed by atoms with Gasteiger partial charge in [-0.25, -0.2) is 14.2 Å². The van der Waals surface area contributed by atoms with Crippen LogP contribution in [0.15, 0.2) is 69.8 Å². The molecule has 0 saturated heterocycles. The number of nitrogens with zero attached hydrogens (tertiary/aromatic N) is 1. The van der Waals surface area contributed by atoms with Gasteiger partial charge in [-0.05, 0) is 75.6 Å². The average molecular weight is 551 g/mol. The molecule has 0 spiro atoms. The van der Waals surface area contributed by atoms with E-state index in [1.807, 2.05) is 0 Å². The molecular formula is C24H15BrCl2FNO4. The number of ether oxygens (including phenoxy) is 3. The maximum atomic E-state index is 13.4.